The van der Waals surface area contributed by atoms with E-state index in [9.17, 15) is 9.50 Å². The fourth-order valence-corrected chi connectivity index (χ4v) is 2.21. The van der Waals surface area contributed by atoms with Crippen LogP contribution in [0, 0.1) is 12.7 Å². The Kier molecular flexibility index (Phi) is 4.69. The van der Waals surface area contributed by atoms with E-state index in [1.54, 1.807) is 12.1 Å². The van der Waals surface area contributed by atoms with Crippen molar-refractivity contribution in [1.29, 1.82) is 0 Å². The zero-order chi connectivity index (χ0) is 13.7. The van der Waals surface area contributed by atoms with E-state index in [0.717, 1.165) is 18.4 Å². The zero-order valence-electron chi connectivity index (χ0n) is 11.1. The van der Waals surface area contributed by atoms with Crippen LogP contribution in [0.3, 0.4) is 0 Å². The Hall–Kier alpha value is -1.67. The summed E-state index contributed by atoms with van der Waals surface area (Å²) < 4.78 is 12.8. The summed E-state index contributed by atoms with van der Waals surface area (Å²) in [6, 6.07) is 14.6. The number of hydrogen-bond donors (Lipinski definition) is 1. The standard InChI is InChI=1S/C17H19FO/c1-13-4-2-3-5-15(13)8-11-17(19)12-14-6-9-16(18)10-7-14/h2-7,9-10,17,19H,8,11-12H2,1H3. The predicted octanol–water partition coefficient (Wildman–Crippen LogP) is 3.67. The van der Waals surface area contributed by atoms with Gasteiger partial charge in [-0.2, -0.15) is 0 Å². The van der Waals surface area contributed by atoms with Crippen LogP contribution in [0.4, 0.5) is 4.39 Å². The summed E-state index contributed by atoms with van der Waals surface area (Å²) in [5.41, 5.74) is 3.51. The number of aliphatic hydroxyl groups excluding tert-OH is 1. The molecule has 100 valence electrons. The Morgan fingerprint density at radius 3 is 2.42 bits per heavy atom. The highest BCUT2D eigenvalue weighted by Crippen LogP contribution is 2.13. The maximum atomic E-state index is 12.8. The van der Waals surface area contributed by atoms with E-state index in [2.05, 4.69) is 19.1 Å². The topological polar surface area (TPSA) is 20.2 Å². The van der Waals surface area contributed by atoms with Crippen LogP contribution in [-0.4, -0.2) is 11.2 Å². The van der Waals surface area contributed by atoms with E-state index >= 15 is 0 Å². The molecule has 0 spiro atoms. The van der Waals surface area contributed by atoms with Gasteiger partial charge < -0.3 is 5.11 Å². The van der Waals surface area contributed by atoms with Gasteiger partial charge in [-0.1, -0.05) is 36.4 Å². The SMILES string of the molecule is Cc1ccccc1CCC(O)Cc1ccc(F)cc1. The monoisotopic (exact) mass is 258 g/mol. The first kappa shape index (κ1) is 13.8. The van der Waals surface area contributed by atoms with E-state index in [0.29, 0.717) is 6.42 Å². The molecule has 2 aromatic rings. The van der Waals surface area contributed by atoms with Crippen molar-refractivity contribution in [3.05, 3.63) is 71.0 Å². The maximum Gasteiger partial charge on any atom is 0.123 e. The Morgan fingerprint density at radius 1 is 1.05 bits per heavy atom. The molecule has 1 N–H and O–H groups in total. The lowest BCUT2D eigenvalue weighted by atomic mass is 9.99. The minimum Gasteiger partial charge on any atom is -0.393 e. The molecule has 2 heteroatoms. The zero-order valence-corrected chi connectivity index (χ0v) is 11.1. The lowest BCUT2D eigenvalue weighted by Gasteiger charge is -2.12. The normalized spacial score (nSPS) is 12.4. The first-order valence-electron chi connectivity index (χ1n) is 6.62. The summed E-state index contributed by atoms with van der Waals surface area (Å²) in [6.45, 7) is 2.09. The molecule has 19 heavy (non-hydrogen) atoms. The molecule has 1 atom stereocenters. The Morgan fingerprint density at radius 2 is 1.74 bits per heavy atom. The first-order chi connectivity index (χ1) is 9.15. The molecule has 0 saturated carbocycles. The molecular formula is C17H19FO. The second-order valence-electron chi connectivity index (χ2n) is 4.95. The molecule has 0 aliphatic carbocycles. The van der Waals surface area contributed by atoms with Crippen LogP contribution in [0.15, 0.2) is 48.5 Å². The van der Waals surface area contributed by atoms with Gasteiger partial charge in [-0.25, -0.2) is 4.39 Å². The molecule has 0 aliphatic heterocycles. The van der Waals surface area contributed by atoms with Gasteiger partial charge in [0.2, 0.25) is 0 Å². The second-order valence-corrected chi connectivity index (χ2v) is 4.95. The Bertz CT molecular complexity index is 519. The highest BCUT2D eigenvalue weighted by molar-refractivity contribution is 5.25. The number of rotatable bonds is 5. The van der Waals surface area contributed by atoms with Gasteiger partial charge in [0, 0.05) is 0 Å². The highest BCUT2D eigenvalue weighted by atomic mass is 19.1. The number of benzene rings is 2. The third-order valence-corrected chi connectivity index (χ3v) is 3.39. The molecular weight excluding hydrogens is 239 g/mol. The quantitative estimate of drug-likeness (QED) is 0.867. The number of aliphatic hydroxyl groups is 1. The molecule has 0 amide bonds. The summed E-state index contributed by atoms with van der Waals surface area (Å²) in [5.74, 6) is -0.238. The van der Waals surface area contributed by atoms with Crippen LogP contribution in [0.5, 0.6) is 0 Å². The molecule has 0 aliphatic rings. The van der Waals surface area contributed by atoms with Crippen molar-refractivity contribution in [2.45, 2.75) is 32.3 Å². The summed E-state index contributed by atoms with van der Waals surface area (Å²) in [6.07, 6.45) is 1.79. The van der Waals surface area contributed by atoms with Gasteiger partial charge in [-0.3, -0.25) is 0 Å². The van der Waals surface area contributed by atoms with E-state index in [1.165, 1.54) is 23.3 Å². The Balaban J connectivity index is 1.86. The molecule has 2 rings (SSSR count). The first-order valence-corrected chi connectivity index (χ1v) is 6.62. The second kappa shape index (κ2) is 6.48. The fraction of sp³-hybridized carbons (Fsp3) is 0.294. The number of halogens is 1. The van der Waals surface area contributed by atoms with Crippen LogP contribution in [0.2, 0.25) is 0 Å². The molecule has 0 fully saturated rings. The van der Waals surface area contributed by atoms with Crippen molar-refractivity contribution in [3.63, 3.8) is 0 Å². The van der Waals surface area contributed by atoms with Crippen molar-refractivity contribution in [2.24, 2.45) is 0 Å². The van der Waals surface area contributed by atoms with E-state index in [1.807, 2.05) is 12.1 Å². The van der Waals surface area contributed by atoms with E-state index in [-0.39, 0.29) is 11.9 Å². The van der Waals surface area contributed by atoms with Crippen LogP contribution < -0.4 is 0 Å². The predicted molar refractivity (Wildman–Crippen MR) is 75.6 cm³/mol. The number of hydrogen-bond acceptors (Lipinski definition) is 1. The minimum absolute atomic E-state index is 0.238. The summed E-state index contributed by atoms with van der Waals surface area (Å²) in [5, 5.41) is 10.0. The smallest absolute Gasteiger partial charge is 0.123 e. The third kappa shape index (κ3) is 4.18. The molecule has 0 radical (unpaired) electrons. The van der Waals surface area contributed by atoms with Gasteiger partial charge in [-0.15, -0.1) is 0 Å². The molecule has 0 aromatic heterocycles. The van der Waals surface area contributed by atoms with E-state index < -0.39 is 0 Å². The van der Waals surface area contributed by atoms with Gasteiger partial charge in [0.25, 0.3) is 0 Å². The number of aryl methyl sites for hydroxylation is 2. The minimum atomic E-state index is -0.384. The fourth-order valence-electron chi connectivity index (χ4n) is 2.21. The molecule has 0 bridgehead atoms. The summed E-state index contributed by atoms with van der Waals surface area (Å²) >= 11 is 0. The van der Waals surface area contributed by atoms with Gasteiger partial charge >= 0.3 is 0 Å². The van der Waals surface area contributed by atoms with Crippen LogP contribution >= 0.6 is 0 Å². The van der Waals surface area contributed by atoms with Crippen LogP contribution in [-0.2, 0) is 12.8 Å². The molecule has 0 saturated heterocycles. The Labute approximate surface area is 113 Å². The van der Waals surface area contributed by atoms with Crippen molar-refractivity contribution in [3.8, 4) is 0 Å². The van der Waals surface area contributed by atoms with Crippen molar-refractivity contribution >= 4 is 0 Å². The van der Waals surface area contributed by atoms with Gasteiger partial charge in [0.1, 0.15) is 5.82 Å². The van der Waals surface area contributed by atoms with Crippen molar-refractivity contribution in [1.82, 2.24) is 0 Å². The average molecular weight is 258 g/mol. The molecule has 0 heterocycles. The lowest BCUT2D eigenvalue weighted by Crippen LogP contribution is -2.12. The summed E-state index contributed by atoms with van der Waals surface area (Å²) in [4.78, 5) is 0. The van der Waals surface area contributed by atoms with Gasteiger partial charge in [0.15, 0.2) is 0 Å². The lowest BCUT2D eigenvalue weighted by molar-refractivity contribution is 0.165. The maximum absolute atomic E-state index is 12.8. The highest BCUT2D eigenvalue weighted by Gasteiger charge is 2.07. The third-order valence-electron chi connectivity index (χ3n) is 3.39. The molecule has 2 aromatic carbocycles. The van der Waals surface area contributed by atoms with Crippen LogP contribution in [0.1, 0.15) is 23.1 Å². The van der Waals surface area contributed by atoms with Crippen LogP contribution in [0.25, 0.3) is 0 Å². The molecule has 1 unspecified atom stereocenters. The largest absolute Gasteiger partial charge is 0.393 e. The van der Waals surface area contributed by atoms with E-state index in [4.69, 9.17) is 0 Å². The van der Waals surface area contributed by atoms with Crippen molar-refractivity contribution < 1.29 is 9.50 Å². The van der Waals surface area contributed by atoms with Crippen molar-refractivity contribution in [2.75, 3.05) is 0 Å². The summed E-state index contributed by atoms with van der Waals surface area (Å²) in [7, 11) is 0. The van der Waals surface area contributed by atoms with Gasteiger partial charge in [-0.05, 0) is 55.0 Å². The molecule has 1 nitrogen and oxygen atoms in total. The average Bonchev–Trinajstić information content (AvgIpc) is 2.40. The van der Waals surface area contributed by atoms with Gasteiger partial charge in [0.05, 0.1) is 6.10 Å².